The third kappa shape index (κ3) is 8.67. The molecule has 0 spiro atoms. The van der Waals surface area contributed by atoms with Gasteiger partial charge in [0.05, 0.1) is 18.6 Å². The Labute approximate surface area is 322 Å². The van der Waals surface area contributed by atoms with Crippen LogP contribution in [0.2, 0.25) is 0 Å². The summed E-state index contributed by atoms with van der Waals surface area (Å²) >= 11 is 0. The zero-order valence-electron chi connectivity index (χ0n) is 26.9. The molecule has 3 aromatic carbocycles. The summed E-state index contributed by atoms with van der Waals surface area (Å²) in [5, 5.41) is 6.90. The van der Waals surface area contributed by atoms with Gasteiger partial charge in [0, 0.05) is 38.1 Å². The smallest absolute Gasteiger partial charge is 0.780 e. The van der Waals surface area contributed by atoms with Crippen LogP contribution in [-0.4, -0.2) is 75.0 Å². The molecule has 13 nitrogen and oxygen atoms in total. The van der Waals surface area contributed by atoms with Gasteiger partial charge in [0.1, 0.15) is 25.8 Å². The zero-order valence-corrected chi connectivity index (χ0v) is 31.8. The molecule has 4 aromatic rings. The number of pyridine rings is 1. The number of carbonyl (C=O) groups excluding carboxylic acids is 3. The van der Waals surface area contributed by atoms with E-state index in [4.69, 9.17) is 0 Å². The average molecular weight is 689 g/mol. The third-order valence-electron chi connectivity index (χ3n) is 8.08. The van der Waals surface area contributed by atoms with E-state index in [9.17, 15) is 28.7 Å². The first-order valence-corrected chi connectivity index (χ1v) is 16.1. The number of amides is 4. The number of phosphoric ester groups is 1. The summed E-state index contributed by atoms with van der Waals surface area (Å²) in [6.45, 7) is 0.400. The van der Waals surface area contributed by atoms with E-state index in [0.717, 1.165) is 22.0 Å². The molecule has 48 heavy (non-hydrogen) atoms. The van der Waals surface area contributed by atoms with Crippen LogP contribution in [0.4, 0.5) is 4.79 Å². The van der Waals surface area contributed by atoms with Gasteiger partial charge < -0.3 is 34.0 Å². The monoisotopic (exact) mass is 688 g/mol. The van der Waals surface area contributed by atoms with Crippen LogP contribution in [0.15, 0.2) is 91.1 Å². The molecule has 4 amide bonds. The molecule has 0 bridgehead atoms. The van der Waals surface area contributed by atoms with Crippen molar-refractivity contribution in [2.45, 2.75) is 31.7 Å². The SMILES string of the molecule is CN1CC(=O)N2[C@@H](Cc3ccc(OP(=O)([O-])[O-])cc3)C(=O)N(Cc3cccc4cccnc34)C[C@@H]2N1C(=O)NCc1ccccc1.[Na+].[Na+]. The number of hydrazine groups is 1. The molecule has 3 heterocycles. The number of phosphoric acid groups is 1. The minimum atomic E-state index is -5.25. The first-order chi connectivity index (χ1) is 22.1. The summed E-state index contributed by atoms with van der Waals surface area (Å²) in [5.74, 6) is -0.786. The van der Waals surface area contributed by atoms with Gasteiger partial charge in [0.25, 0.3) is 0 Å². The van der Waals surface area contributed by atoms with Crippen LogP contribution in [0.3, 0.4) is 0 Å². The topological polar surface area (TPSA) is 162 Å². The van der Waals surface area contributed by atoms with Crippen LogP contribution < -0.4 is 78.7 Å². The van der Waals surface area contributed by atoms with Crippen molar-refractivity contribution in [3.05, 3.63) is 108 Å². The number of fused-ring (bicyclic) bond motifs is 2. The number of nitrogens with one attached hydrogen (secondary N) is 1. The molecular weight excluding hydrogens is 657 g/mol. The van der Waals surface area contributed by atoms with E-state index in [2.05, 4.69) is 14.8 Å². The number of hydrogen-bond acceptors (Lipinski definition) is 9. The largest absolute Gasteiger partial charge is 1.00 e. The molecular formula is C32H31N6Na2O7P. The molecule has 2 atom stereocenters. The number of rotatable bonds is 8. The van der Waals surface area contributed by atoms with Crippen LogP contribution in [0.1, 0.15) is 16.7 Å². The summed E-state index contributed by atoms with van der Waals surface area (Å²) in [6.07, 6.45) is 0.942. The number of hydrogen-bond donors (Lipinski definition) is 1. The van der Waals surface area contributed by atoms with Gasteiger partial charge in [0.2, 0.25) is 11.8 Å². The van der Waals surface area contributed by atoms with E-state index in [1.165, 1.54) is 34.2 Å². The van der Waals surface area contributed by atoms with Crippen LogP contribution in [0, 0.1) is 0 Å². The van der Waals surface area contributed by atoms with Gasteiger partial charge in [-0.15, -0.1) is 0 Å². The molecule has 2 aliphatic rings. The minimum Gasteiger partial charge on any atom is -0.780 e. The van der Waals surface area contributed by atoms with Gasteiger partial charge in [-0.3, -0.25) is 14.6 Å². The Bertz CT molecular complexity index is 1810. The van der Waals surface area contributed by atoms with Gasteiger partial charge in [-0.25, -0.2) is 14.8 Å². The zero-order chi connectivity index (χ0) is 32.4. The molecule has 1 N–H and O–H groups in total. The predicted molar refractivity (Wildman–Crippen MR) is 163 cm³/mol. The molecule has 0 radical (unpaired) electrons. The minimum absolute atomic E-state index is 0. The normalized spacial score (nSPS) is 18.1. The van der Waals surface area contributed by atoms with Crippen LogP contribution in [0.25, 0.3) is 10.9 Å². The number of nitrogens with zero attached hydrogens (tertiary/aromatic N) is 5. The third-order valence-corrected chi connectivity index (χ3v) is 8.52. The molecule has 1 aromatic heterocycles. The van der Waals surface area contributed by atoms with Crippen molar-refractivity contribution in [2.24, 2.45) is 0 Å². The van der Waals surface area contributed by atoms with Gasteiger partial charge in [-0.1, -0.05) is 66.7 Å². The Balaban J connectivity index is 0.00000260. The number of piperazine rings is 1. The van der Waals surface area contributed by atoms with Gasteiger partial charge >= 0.3 is 65.1 Å². The molecule has 2 fully saturated rings. The molecule has 0 saturated carbocycles. The number of likely N-dealkylation sites (N-methyl/N-ethyl adjacent to an activating group) is 1. The van der Waals surface area contributed by atoms with Gasteiger partial charge in [-0.2, -0.15) is 0 Å². The second-order valence-electron chi connectivity index (χ2n) is 11.2. The molecule has 238 valence electrons. The molecule has 6 rings (SSSR count). The Kier molecular flexibility index (Phi) is 12.9. The number of urea groups is 1. The second-order valence-corrected chi connectivity index (χ2v) is 12.3. The van der Waals surface area contributed by atoms with Crippen LogP contribution in [-0.2, 0) is 33.7 Å². The average Bonchev–Trinajstić information content (AvgIpc) is 3.02. The standard InChI is InChI=1S/C32H33N6O7P.2Na/c1-35-21-29(39)37-27(17-22-12-14-26(15-13-22)45-46(42,43)44)31(40)36(19-25-10-5-9-24-11-6-16-33-30(24)25)20-28(37)38(35)32(41)34-18-23-7-3-2-4-8-23;;/h2-16,27-28H,17-21H2,1H3,(H,34,41)(H2,42,43,44);;/q;2*+1/p-2/t27-,28-;;/m0../s1. The summed E-state index contributed by atoms with van der Waals surface area (Å²) in [7, 11) is -3.59. The molecule has 2 saturated heterocycles. The number of para-hydroxylation sites is 1. The summed E-state index contributed by atoms with van der Waals surface area (Å²) in [4.78, 5) is 71.3. The van der Waals surface area contributed by atoms with Crippen molar-refractivity contribution < 1.29 is 92.4 Å². The van der Waals surface area contributed by atoms with E-state index in [1.54, 1.807) is 23.2 Å². The Morgan fingerprint density at radius 2 is 1.67 bits per heavy atom. The summed E-state index contributed by atoms with van der Waals surface area (Å²) in [5.41, 5.74) is 3.06. The fourth-order valence-corrected chi connectivity index (χ4v) is 6.42. The summed E-state index contributed by atoms with van der Waals surface area (Å²) in [6, 6.07) is 23.2. The number of carbonyl (C=O) groups is 3. The van der Waals surface area contributed by atoms with E-state index >= 15 is 0 Å². The number of benzene rings is 3. The first-order valence-electron chi connectivity index (χ1n) is 14.6. The molecule has 16 heteroatoms. The van der Waals surface area contributed by atoms with Crippen molar-refractivity contribution in [1.82, 2.24) is 30.1 Å². The fourth-order valence-electron chi connectivity index (χ4n) is 6.04. The fraction of sp³-hybridized carbons (Fsp3) is 0.250. The van der Waals surface area contributed by atoms with Crippen molar-refractivity contribution >= 4 is 36.6 Å². The molecule has 2 aliphatic heterocycles. The maximum absolute atomic E-state index is 14.2. The Morgan fingerprint density at radius 3 is 2.38 bits per heavy atom. The van der Waals surface area contributed by atoms with Crippen molar-refractivity contribution in [2.75, 3.05) is 20.1 Å². The Morgan fingerprint density at radius 1 is 0.958 bits per heavy atom. The maximum atomic E-state index is 14.2. The van der Waals surface area contributed by atoms with Crippen molar-refractivity contribution in [3.8, 4) is 5.75 Å². The summed E-state index contributed by atoms with van der Waals surface area (Å²) < 4.78 is 15.5. The van der Waals surface area contributed by atoms with Gasteiger partial charge in [-0.05, 0) is 34.9 Å². The van der Waals surface area contributed by atoms with Crippen LogP contribution >= 0.6 is 7.82 Å². The first kappa shape index (κ1) is 38.0. The maximum Gasteiger partial charge on any atom is 1.00 e. The Hall–Kier alpha value is -2.81. The number of aromatic nitrogens is 1. The predicted octanol–water partition coefficient (Wildman–Crippen LogP) is -4.37. The van der Waals surface area contributed by atoms with Crippen LogP contribution in [0.5, 0.6) is 5.75 Å². The van der Waals surface area contributed by atoms with E-state index in [1.807, 2.05) is 60.7 Å². The van der Waals surface area contributed by atoms with Gasteiger partial charge in [0.15, 0.2) is 0 Å². The molecule has 0 aliphatic carbocycles. The van der Waals surface area contributed by atoms with Crippen molar-refractivity contribution in [1.29, 1.82) is 0 Å². The van der Waals surface area contributed by atoms with E-state index < -0.39 is 26.1 Å². The van der Waals surface area contributed by atoms with E-state index in [0.29, 0.717) is 5.56 Å². The molecule has 0 unspecified atom stereocenters. The quantitative estimate of drug-likeness (QED) is 0.143. The second kappa shape index (κ2) is 16.3. The van der Waals surface area contributed by atoms with E-state index in [-0.39, 0.29) is 109 Å². The van der Waals surface area contributed by atoms with Crippen molar-refractivity contribution in [3.63, 3.8) is 0 Å².